The smallest absolute Gasteiger partial charge is 0.416 e. The standard InChI is InChI=1S/C15H11F3N2O3/c16-15(17,18)9-5-7-10(8-6-9)19-13(22)14(23)20-11-3-1-2-4-12(11)21/h1-8,21H,(H,19,22)(H,20,23). The second-order valence-corrected chi connectivity index (χ2v) is 4.50. The second kappa shape index (κ2) is 6.39. The number of rotatable bonds is 2. The fraction of sp³-hybridized carbons (Fsp3) is 0.0667. The number of nitrogens with one attached hydrogen (secondary N) is 2. The lowest BCUT2D eigenvalue weighted by atomic mass is 10.2. The summed E-state index contributed by atoms with van der Waals surface area (Å²) in [4.78, 5) is 23.4. The highest BCUT2D eigenvalue weighted by molar-refractivity contribution is 6.43. The molecule has 3 N–H and O–H groups in total. The molecule has 0 aromatic heterocycles. The van der Waals surface area contributed by atoms with Crippen molar-refractivity contribution in [2.45, 2.75) is 6.18 Å². The van der Waals surface area contributed by atoms with Gasteiger partial charge in [-0.15, -0.1) is 0 Å². The van der Waals surface area contributed by atoms with Gasteiger partial charge < -0.3 is 15.7 Å². The summed E-state index contributed by atoms with van der Waals surface area (Å²) >= 11 is 0. The molecular weight excluding hydrogens is 313 g/mol. The summed E-state index contributed by atoms with van der Waals surface area (Å²) in [6.45, 7) is 0. The molecule has 0 heterocycles. The SMILES string of the molecule is O=C(Nc1ccc(C(F)(F)F)cc1)C(=O)Nc1ccccc1O. The van der Waals surface area contributed by atoms with Gasteiger partial charge in [-0.1, -0.05) is 12.1 Å². The zero-order valence-corrected chi connectivity index (χ0v) is 11.5. The van der Waals surface area contributed by atoms with E-state index in [1.54, 1.807) is 6.07 Å². The molecule has 0 spiro atoms. The number of carbonyl (C=O) groups excluding carboxylic acids is 2. The Bertz CT molecular complexity index is 727. The first kappa shape index (κ1) is 16.3. The number of aromatic hydroxyl groups is 1. The fourth-order valence-corrected chi connectivity index (χ4v) is 1.69. The first-order chi connectivity index (χ1) is 10.8. The van der Waals surface area contributed by atoms with Gasteiger partial charge in [-0.2, -0.15) is 13.2 Å². The third-order valence-electron chi connectivity index (χ3n) is 2.83. The molecule has 5 nitrogen and oxygen atoms in total. The van der Waals surface area contributed by atoms with E-state index in [0.717, 1.165) is 24.3 Å². The van der Waals surface area contributed by atoms with E-state index in [1.807, 2.05) is 0 Å². The molecule has 120 valence electrons. The number of anilines is 2. The predicted molar refractivity (Wildman–Crippen MR) is 76.8 cm³/mol. The summed E-state index contributed by atoms with van der Waals surface area (Å²) in [7, 11) is 0. The predicted octanol–water partition coefficient (Wildman–Crippen LogP) is 2.99. The van der Waals surface area contributed by atoms with Gasteiger partial charge in [0.05, 0.1) is 11.3 Å². The molecule has 2 aromatic rings. The second-order valence-electron chi connectivity index (χ2n) is 4.50. The Balaban J connectivity index is 2.01. The Morgan fingerprint density at radius 3 is 2.00 bits per heavy atom. The number of halogens is 3. The minimum absolute atomic E-state index is 0.0374. The molecule has 8 heteroatoms. The van der Waals surface area contributed by atoms with Gasteiger partial charge >= 0.3 is 18.0 Å². The van der Waals surface area contributed by atoms with E-state index in [9.17, 15) is 27.9 Å². The lowest BCUT2D eigenvalue weighted by molar-refractivity contribution is -0.137. The summed E-state index contributed by atoms with van der Waals surface area (Å²) in [6.07, 6.45) is -4.48. The first-order valence-corrected chi connectivity index (χ1v) is 6.35. The van der Waals surface area contributed by atoms with Crippen LogP contribution in [0.3, 0.4) is 0 Å². The van der Waals surface area contributed by atoms with Crippen LogP contribution >= 0.6 is 0 Å². The molecule has 0 aliphatic heterocycles. The third-order valence-corrected chi connectivity index (χ3v) is 2.83. The van der Waals surface area contributed by atoms with Crippen molar-refractivity contribution in [3.05, 3.63) is 54.1 Å². The van der Waals surface area contributed by atoms with E-state index in [1.165, 1.54) is 18.2 Å². The van der Waals surface area contributed by atoms with Gasteiger partial charge in [0.1, 0.15) is 5.75 Å². The van der Waals surface area contributed by atoms with Crippen molar-refractivity contribution in [3.63, 3.8) is 0 Å². The maximum atomic E-state index is 12.4. The van der Waals surface area contributed by atoms with Crippen LogP contribution in [0.15, 0.2) is 48.5 Å². The monoisotopic (exact) mass is 324 g/mol. The van der Waals surface area contributed by atoms with Crippen LogP contribution in [0.4, 0.5) is 24.5 Å². The normalized spacial score (nSPS) is 10.9. The number of phenolic OH excluding ortho intramolecular Hbond substituents is 1. The zero-order valence-electron chi connectivity index (χ0n) is 11.5. The van der Waals surface area contributed by atoms with E-state index in [-0.39, 0.29) is 17.1 Å². The van der Waals surface area contributed by atoms with Gasteiger partial charge in [-0.05, 0) is 36.4 Å². The molecule has 23 heavy (non-hydrogen) atoms. The van der Waals surface area contributed by atoms with Gasteiger partial charge in [0, 0.05) is 5.69 Å². The van der Waals surface area contributed by atoms with Gasteiger partial charge in [-0.25, -0.2) is 0 Å². The molecule has 0 aliphatic rings. The van der Waals surface area contributed by atoms with Crippen molar-refractivity contribution >= 4 is 23.2 Å². The van der Waals surface area contributed by atoms with Gasteiger partial charge in [-0.3, -0.25) is 9.59 Å². The van der Waals surface area contributed by atoms with Gasteiger partial charge in [0.25, 0.3) is 0 Å². The minimum atomic E-state index is -4.48. The molecule has 0 saturated carbocycles. The number of alkyl halides is 3. The largest absolute Gasteiger partial charge is 0.506 e. The maximum absolute atomic E-state index is 12.4. The quantitative estimate of drug-likeness (QED) is 0.587. The van der Waals surface area contributed by atoms with E-state index in [0.29, 0.717) is 0 Å². The summed E-state index contributed by atoms with van der Waals surface area (Å²) < 4.78 is 37.2. The van der Waals surface area contributed by atoms with Crippen molar-refractivity contribution in [2.75, 3.05) is 10.6 Å². The Morgan fingerprint density at radius 1 is 0.870 bits per heavy atom. The van der Waals surface area contributed by atoms with Crippen molar-refractivity contribution in [3.8, 4) is 5.75 Å². The Hall–Kier alpha value is -3.03. The highest BCUT2D eigenvalue weighted by Gasteiger charge is 2.30. The first-order valence-electron chi connectivity index (χ1n) is 6.35. The number of hydrogen-bond donors (Lipinski definition) is 3. The van der Waals surface area contributed by atoms with E-state index in [4.69, 9.17) is 0 Å². The number of para-hydroxylation sites is 2. The molecule has 2 amide bonds. The number of hydrogen-bond acceptors (Lipinski definition) is 3. The summed E-state index contributed by atoms with van der Waals surface area (Å²) in [6, 6.07) is 9.44. The fourth-order valence-electron chi connectivity index (χ4n) is 1.69. The average molecular weight is 324 g/mol. The molecule has 0 bridgehead atoms. The molecule has 2 aromatic carbocycles. The third kappa shape index (κ3) is 4.22. The molecule has 2 rings (SSSR count). The molecule has 0 unspecified atom stereocenters. The van der Waals surface area contributed by atoms with Crippen molar-refractivity contribution in [1.82, 2.24) is 0 Å². The lowest BCUT2D eigenvalue weighted by Gasteiger charge is -2.09. The van der Waals surface area contributed by atoms with Crippen LogP contribution in [0.5, 0.6) is 5.75 Å². The molecule has 0 radical (unpaired) electrons. The van der Waals surface area contributed by atoms with Gasteiger partial charge in [0.2, 0.25) is 0 Å². The Morgan fingerprint density at radius 2 is 1.43 bits per heavy atom. The topological polar surface area (TPSA) is 78.4 Å². The van der Waals surface area contributed by atoms with Gasteiger partial charge in [0.15, 0.2) is 0 Å². The van der Waals surface area contributed by atoms with Crippen LogP contribution in [-0.2, 0) is 15.8 Å². The zero-order chi connectivity index (χ0) is 17.0. The molecule has 0 atom stereocenters. The average Bonchev–Trinajstić information content (AvgIpc) is 2.49. The summed E-state index contributed by atoms with van der Waals surface area (Å²) in [5, 5.41) is 13.8. The number of phenols is 1. The number of benzene rings is 2. The lowest BCUT2D eigenvalue weighted by Crippen LogP contribution is -2.29. The van der Waals surface area contributed by atoms with E-state index >= 15 is 0 Å². The molecule has 0 saturated heterocycles. The van der Waals surface area contributed by atoms with Crippen LogP contribution in [0, 0.1) is 0 Å². The van der Waals surface area contributed by atoms with E-state index < -0.39 is 23.6 Å². The molecular formula is C15H11F3N2O3. The highest BCUT2D eigenvalue weighted by atomic mass is 19.4. The van der Waals surface area contributed by atoms with E-state index in [2.05, 4.69) is 10.6 Å². The van der Waals surface area contributed by atoms with Crippen LogP contribution in [0.1, 0.15) is 5.56 Å². The van der Waals surface area contributed by atoms with Crippen LogP contribution < -0.4 is 10.6 Å². The van der Waals surface area contributed by atoms with Crippen LogP contribution in [0.2, 0.25) is 0 Å². The van der Waals surface area contributed by atoms with Crippen molar-refractivity contribution in [2.24, 2.45) is 0 Å². The number of carbonyl (C=O) groups is 2. The minimum Gasteiger partial charge on any atom is -0.506 e. The Labute approximate surface area is 128 Å². The van der Waals surface area contributed by atoms with Crippen molar-refractivity contribution in [1.29, 1.82) is 0 Å². The number of amides is 2. The van der Waals surface area contributed by atoms with Crippen LogP contribution in [-0.4, -0.2) is 16.9 Å². The van der Waals surface area contributed by atoms with Crippen LogP contribution in [0.25, 0.3) is 0 Å². The molecule has 0 fully saturated rings. The highest BCUT2D eigenvalue weighted by Crippen LogP contribution is 2.29. The summed E-state index contributed by atoms with van der Waals surface area (Å²) in [5.74, 6) is -2.36. The maximum Gasteiger partial charge on any atom is 0.416 e. The molecule has 0 aliphatic carbocycles. The summed E-state index contributed by atoms with van der Waals surface area (Å²) in [5.41, 5.74) is -0.787. The van der Waals surface area contributed by atoms with Crippen molar-refractivity contribution < 1.29 is 27.9 Å². The Kier molecular flexibility index (Phi) is 4.54.